The summed E-state index contributed by atoms with van der Waals surface area (Å²) < 4.78 is 31.3. The SMILES string of the molecule is CS(=O)(=O)N1CCC[C@H](C(=O)N2C[C@@H](C(=O)NCCc3ccccc3)Oc3ccccc32)C1. The van der Waals surface area contributed by atoms with Crippen molar-refractivity contribution in [2.45, 2.75) is 25.4 Å². The van der Waals surface area contributed by atoms with Crippen molar-refractivity contribution >= 4 is 27.5 Å². The number of ether oxygens (including phenoxy) is 1. The molecule has 0 saturated carbocycles. The van der Waals surface area contributed by atoms with E-state index in [1.165, 1.54) is 10.6 Å². The first-order valence-electron chi connectivity index (χ1n) is 11.2. The molecule has 8 nitrogen and oxygen atoms in total. The van der Waals surface area contributed by atoms with E-state index in [0.717, 1.165) is 5.56 Å². The van der Waals surface area contributed by atoms with Gasteiger partial charge in [-0.25, -0.2) is 12.7 Å². The molecule has 33 heavy (non-hydrogen) atoms. The highest BCUT2D eigenvalue weighted by atomic mass is 32.2. The summed E-state index contributed by atoms with van der Waals surface area (Å²) in [6.45, 7) is 1.13. The molecule has 4 rings (SSSR count). The Labute approximate surface area is 194 Å². The summed E-state index contributed by atoms with van der Waals surface area (Å²) in [6, 6.07) is 17.0. The standard InChI is InChI=1S/C24H29N3O5S/c1-33(30,31)26-15-7-10-19(16-26)24(29)27-17-22(32-21-12-6-5-11-20(21)27)23(28)25-14-13-18-8-3-2-4-9-18/h2-6,8-9,11-12,19,22H,7,10,13-17H2,1H3,(H,25,28)/t19-,22-/m0/s1. The van der Waals surface area contributed by atoms with Crippen LogP contribution in [0.3, 0.4) is 0 Å². The van der Waals surface area contributed by atoms with Gasteiger partial charge in [-0.3, -0.25) is 9.59 Å². The maximum Gasteiger partial charge on any atom is 0.262 e. The van der Waals surface area contributed by atoms with Crippen LogP contribution in [0.15, 0.2) is 54.6 Å². The third kappa shape index (κ3) is 5.54. The van der Waals surface area contributed by atoms with Crippen LogP contribution in [-0.4, -0.2) is 63.1 Å². The summed E-state index contributed by atoms with van der Waals surface area (Å²) >= 11 is 0. The van der Waals surface area contributed by atoms with Gasteiger partial charge in [-0.2, -0.15) is 0 Å². The summed E-state index contributed by atoms with van der Waals surface area (Å²) in [5.74, 6) is -0.446. The lowest BCUT2D eigenvalue weighted by molar-refractivity contribution is -0.129. The zero-order valence-corrected chi connectivity index (χ0v) is 19.5. The molecule has 0 bridgehead atoms. The van der Waals surface area contributed by atoms with Gasteiger partial charge in [0.1, 0.15) is 5.75 Å². The molecule has 1 saturated heterocycles. The first kappa shape index (κ1) is 23.3. The fraction of sp³-hybridized carbons (Fsp3) is 0.417. The number of sulfonamides is 1. The second-order valence-electron chi connectivity index (χ2n) is 8.51. The van der Waals surface area contributed by atoms with Crippen molar-refractivity contribution < 1.29 is 22.7 Å². The monoisotopic (exact) mass is 471 g/mol. The molecule has 9 heteroatoms. The molecule has 0 unspecified atom stereocenters. The molecule has 0 radical (unpaired) electrons. The quantitative estimate of drug-likeness (QED) is 0.693. The van der Waals surface area contributed by atoms with Crippen LogP contribution in [0.1, 0.15) is 18.4 Å². The van der Waals surface area contributed by atoms with E-state index in [1.54, 1.807) is 23.1 Å². The maximum absolute atomic E-state index is 13.5. The molecule has 2 aromatic rings. The minimum absolute atomic E-state index is 0.0857. The predicted molar refractivity (Wildman–Crippen MR) is 126 cm³/mol. The highest BCUT2D eigenvalue weighted by Crippen LogP contribution is 2.35. The number of nitrogens with zero attached hydrogens (tertiary/aromatic N) is 2. The Kier molecular flexibility index (Phi) is 6.99. The number of rotatable bonds is 6. The van der Waals surface area contributed by atoms with Crippen LogP contribution in [0, 0.1) is 5.92 Å². The maximum atomic E-state index is 13.5. The first-order chi connectivity index (χ1) is 15.8. The number of fused-ring (bicyclic) bond motifs is 1. The Morgan fingerprint density at radius 1 is 1.06 bits per heavy atom. The van der Waals surface area contributed by atoms with Crippen molar-refractivity contribution in [1.29, 1.82) is 0 Å². The molecular formula is C24H29N3O5S. The van der Waals surface area contributed by atoms with Crippen LogP contribution in [-0.2, 0) is 26.0 Å². The number of carbonyl (C=O) groups is 2. The van der Waals surface area contributed by atoms with Gasteiger partial charge in [-0.1, -0.05) is 42.5 Å². The van der Waals surface area contributed by atoms with Crippen LogP contribution in [0.25, 0.3) is 0 Å². The topological polar surface area (TPSA) is 96.0 Å². The minimum atomic E-state index is -3.37. The molecule has 2 heterocycles. The molecule has 1 fully saturated rings. The van der Waals surface area contributed by atoms with E-state index in [0.29, 0.717) is 43.8 Å². The Bertz CT molecular complexity index is 1110. The molecular weight excluding hydrogens is 442 g/mol. The minimum Gasteiger partial charge on any atom is -0.477 e. The summed E-state index contributed by atoms with van der Waals surface area (Å²) in [6.07, 6.45) is 2.26. The summed E-state index contributed by atoms with van der Waals surface area (Å²) in [5.41, 5.74) is 1.73. The van der Waals surface area contributed by atoms with Crippen molar-refractivity contribution in [3.05, 3.63) is 60.2 Å². The summed E-state index contributed by atoms with van der Waals surface area (Å²) in [7, 11) is -3.37. The highest BCUT2D eigenvalue weighted by molar-refractivity contribution is 7.88. The molecule has 2 aliphatic rings. The van der Waals surface area contributed by atoms with Crippen molar-refractivity contribution in [2.24, 2.45) is 5.92 Å². The number of piperidine rings is 1. The Balaban J connectivity index is 1.46. The molecule has 2 amide bonds. The molecule has 1 N–H and O–H groups in total. The third-order valence-electron chi connectivity index (χ3n) is 6.09. The van der Waals surface area contributed by atoms with Crippen LogP contribution < -0.4 is 15.0 Å². The van der Waals surface area contributed by atoms with E-state index < -0.39 is 22.0 Å². The number of nitrogens with one attached hydrogen (secondary N) is 1. The predicted octanol–water partition coefficient (Wildman–Crippen LogP) is 1.81. The molecule has 176 valence electrons. The zero-order chi connectivity index (χ0) is 23.4. The average Bonchev–Trinajstić information content (AvgIpc) is 2.83. The Hall–Kier alpha value is -2.91. The van der Waals surface area contributed by atoms with Gasteiger partial charge in [-0.05, 0) is 37.0 Å². The number of hydrogen-bond donors (Lipinski definition) is 1. The van der Waals surface area contributed by atoms with Crippen molar-refractivity contribution in [2.75, 3.05) is 37.3 Å². The fourth-order valence-corrected chi connectivity index (χ4v) is 5.25. The Morgan fingerprint density at radius 3 is 2.55 bits per heavy atom. The van der Waals surface area contributed by atoms with E-state index in [-0.39, 0.29) is 24.9 Å². The molecule has 0 spiro atoms. The van der Waals surface area contributed by atoms with E-state index in [1.807, 2.05) is 36.4 Å². The third-order valence-corrected chi connectivity index (χ3v) is 7.36. The first-order valence-corrected chi connectivity index (χ1v) is 13.0. The zero-order valence-electron chi connectivity index (χ0n) is 18.6. The number of carbonyl (C=O) groups excluding carboxylic acids is 2. The summed E-state index contributed by atoms with van der Waals surface area (Å²) in [5, 5.41) is 2.91. The number of anilines is 1. The molecule has 0 aliphatic carbocycles. The van der Waals surface area contributed by atoms with Crippen molar-refractivity contribution in [3.8, 4) is 5.75 Å². The number of hydrogen-bond acceptors (Lipinski definition) is 5. The van der Waals surface area contributed by atoms with E-state index in [4.69, 9.17) is 4.74 Å². The van der Waals surface area contributed by atoms with Gasteiger partial charge in [0.2, 0.25) is 15.9 Å². The normalized spacial score (nSPS) is 21.1. The van der Waals surface area contributed by atoms with Gasteiger partial charge >= 0.3 is 0 Å². The second kappa shape index (κ2) is 9.93. The largest absolute Gasteiger partial charge is 0.477 e. The lowest BCUT2D eigenvalue weighted by Crippen LogP contribution is -2.54. The molecule has 0 aromatic heterocycles. The van der Waals surface area contributed by atoms with Crippen LogP contribution >= 0.6 is 0 Å². The van der Waals surface area contributed by atoms with Crippen molar-refractivity contribution in [3.63, 3.8) is 0 Å². The molecule has 2 aliphatic heterocycles. The van der Waals surface area contributed by atoms with Gasteiger partial charge in [0.05, 0.1) is 24.4 Å². The highest BCUT2D eigenvalue weighted by Gasteiger charge is 2.38. The second-order valence-corrected chi connectivity index (χ2v) is 10.5. The smallest absolute Gasteiger partial charge is 0.262 e. The fourth-order valence-electron chi connectivity index (χ4n) is 4.33. The van der Waals surface area contributed by atoms with E-state index >= 15 is 0 Å². The van der Waals surface area contributed by atoms with Crippen molar-refractivity contribution in [1.82, 2.24) is 9.62 Å². The lowest BCUT2D eigenvalue weighted by Gasteiger charge is -2.38. The Morgan fingerprint density at radius 2 is 1.79 bits per heavy atom. The average molecular weight is 472 g/mol. The van der Waals surface area contributed by atoms with Crippen LogP contribution in [0.5, 0.6) is 5.75 Å². The van der Waals surface area contributed by atoms with Gasteiger partial charge < -0.3 is 15.0 Å². The molecule has 2 aromatic carbocycles. The van der Waals surface area contributed by atoms with Crippen LogP contribution in [0.2, 0.25) is 0 Å². The van der Waals surface area contributed by atoms with E-state index in [2.05, 4.69) is 5.32 Å². The number of para-hydroxylation sites is 2. The van der Waals surface area contributed by atoms with Crippen LogP contribution in [0.4, 0.5) is 5.69 Å². The summed E-state index contributed by atoms with van der Waals surface area (Å²) in [4.78, 5) is 27.9. The lowest BCUT2D eigenvalue weighted by atomic mass is 9.97. The number of amides is 2. The van der Waals surface area contributed by atoms with Gasteiger partial charge in [-0.15, -0.1) is 0 Å². The van der Waals surface area contributed by atoms with Gasteiger partial charge in [0.15, 0.2) is 6.10 Å². The van der Waals surface area contributed by atoms with E-state index in [9.17, 15) is 18.0 Å². The molecule has 2 atom stereocenters. The van der Waals surface area contributed by atoms with Gasteiger partial charge in [0, 0.05) is 19.6 Å². The number of benzene rings is 2. The van der Waals surface area contributed by atoms with Gasteiger partial charge in [0.25, 0.3) is 5.91 Å².